The minimum absolute atomic E-state index is 0.260. The van der Waals surface area contributed by atoms with Gasteiger partial charge >= 0.3 is 0 Å². The maximum atomic E-state index is 12.5. The summed E-state index contributed by atoms with van der Waals surface area (Å²) in [6, 6.07) is 6.69. The van der Waals surface area contributed by atoms with Crippen molar-refractivity contribution in [2.75, 3.05) is 19.3 Å². The summed E-state index contributed by atoms with van der Waals surface area (Å²) in [5.41, 5.74) is 0.995. The second kappa shape index (κ2) is 6.04. The lowest BCUT2D eigenvalue weighted by Crippen LogP contribution is -2.41. The lowest BCUT2D eigenvalue weighted by Gasteiger charge is -2.30. The fraction of sp³-hybridized carbons (Fsp3) is 0.538. The van der Waals surface area contributed by atoms with Gasteiger partial charge in [0.15, 0.2) is 0 Å². The van der Waals surface area contributed by atoms with Crippen LogP contribution < -0.4 is 0 Å². The standard InChI is InChI=1S/C13H19NO5S2/c1-11-3-5-13(6-4-11)21(17,18)14-9-7-12(8-10-14)19-20(2,15)16/h3-6,12H,7-10H2,1-2H3. The van der Waals surface area contributed by atoms with E-state index in [0.717, 1.165) is 11.8 Å². The molecule has 6 nitrogen and oxygen atoms in total. The average molecular weight is 333 g/mol. The molecule has 0 bridgehead atoms. The summed E-state index contributed by atoms with van der Waals surface area (Å²) in [7, 11) is -7.02. The first-order chi connectivity index (χ1) is 9.68. The number of sulfonamides is 1. The molecule has 1 aliphatic rings. The fourth-order valence-electron chi connectivity index (χ4n) is 2.28. The van der Waals surface area contributed by atoms with Crippen LogP contribution in [0.3, 0.4) is 0 Å². The molecule has 1 saturated heterocycles. The smallest absolute Gasteiger partial charge is 0.264 e. The summed E-state index contributed by atoms with van der Waals surface area (Å²) in [6.45, 7) is 2.41. The normalized spacial score (nSPS) is 18.8. The van der Waals surface area contributed by atoms with Crippen LogP contribution in [0.1, 0.15) is 18.4 Å². The molecule has 1 aromatic carbocycles. The number of piperidine rings is 1. The van der Waals surface area contributed by atoms with E-state index in [1.54, 1.807) is 24.3 Å². The molecule has 2 rings (SSSR count). The molecular weight excluding hydrogens is 314 g/mol. The SMILES string of the molecule is Cc1ccc(S(=O)(=O)N2CCC(OS(C)(=O)=O)CC2)cc1. The summed E-state index contributed by atoms with van der Waals surface area (Å²) in [4.78, 5) is 0.260. The van der Waals surface area contributed by atoms with Crippen LogP contribution in [0.5, 0.6) is 0 Å². The van der Waals surface area contributed by atoms with Gasteiger partial charge in [0.25, 0.3) is 10.1 Å². The number of nitrogens with zero attached hydrogens (tertiary/aromatic N) is 1. The molecule has 1 fully saturated rings. The van der Waals surface area contributed by atoms with Gasteiger partial charge in [-0.3, -0.25) is 4.18 Å². The molecule has 21 heavy (non-hydrogen) atoms. The molecule has 0 atom stereocenters. The molecule has 0 radical (unpaired) electrons. The van der Waals surface area contributed by atoms with E-state index < -0.39 is 26.2 Å². The van der Waals surface area contributed by atoms with Gasteiger partial charge in [0.1, 0.15) is 0 Å². The topological polar surface area (TPSA) is 80.8 Å². The van der Waals surface area contributed by atoms with E-state index in [0.29, 0.717) is 12.8 Å². The van der Waals surface area contributed by atoms with Gasteiger partial charge in [-0.25, -0.2) is 8.42 Å². The van der Waals surface area contributed by atoms with Gasteiger partial charge in [-0.15, -0.1) is 0 Å². The van der Waals surface area contributed by atoms with Crippen molar-refractivity contribution in [3.05, 3.63) is 29.8 Å². The molecule has 0 unspecified atom stereocenters. The van der Waals surface area contributed by atoms with Crippen LogP contribution in [0.4, 0.5) is 0 Å². The molecule has 0 amide bonds. The molecule has 118 valence electrons. The lowest BCUT2D eigenvalue weighted by atomic mass is 10.1. The summed E-state index contributed by atoms with van der Waals surface area (Å²) >= 11 is 0. The van der Waals surface area contributed by atoms with Crippen molar-refractivity contribution in [1.82, 2.24) is 4.31 Å². The van der Waals surface area contributed by atoms with Gasteiger partial charge in [-0.05, 0) is 31.9 Å². The third-order valence-corrected chi connectivity index (χ3v) is 5.91. The Kier molecular flexibility index (Phi) is 4.72. The lowest BCUT2D eigenvalue weighted by molar-refractivity contribution is 0.143. The average Bonchev–Trinajstić information content (AvgIpc) is 2.38. The van der Waals surface area contributed by atoms with Gasteiger partial charge in [0.05, 0.1) is 17.3 Å². The van der Waals surface area contributed by atoms with Crippen molar-refractivity contribution >= 4 is 20.1 Å². The Labute approximate surface area is 125 Å². The fourth-order valence-corrected chi connectivity index (χ4v) is 4.43. The Hall–Kier alpha value is -0.960. The van der Waals surface area contributed by atoms with E-state index in [-0.39, 0.29) is 18.0 Å². The second-order valence-corrected chi connectivity index (χ2v) is 8.76. The van der Waals surface area contributed by atoms with Crippen LogP contribution in [0.2, 0.25) is 0 Å². The molecule has 0 aromatic heterocycles. The Bertz CT molecular complexity index is 687. The summed E-state index contributed by atoms with van der Waals surface area (Å²) in [5.74, 6) is 0. The molecule has 1 aliphatic heterocycles. The van der Waals surface area contributed by atoms with Gasteiger partial charge in [0.2, 0.25) is 10.0 Å². The first kappa shape index (κ1) is 16.4. The largest absolute Gasteiger partial charge is 0.267 e. The quantitative estimate of drug-likeness (QED) is 0.772. The van der Waals surface area contributed by atoms with Crippen LogP contribution in [-0.2, 0) is 24.3 Å². The van der Waals surface area contributed by atoms with Crippen molar-refractivity contribution < 1.29 is 21.0 Å². The zero-order valence-electron chi connectivity index (χ0n) is 12.0. The minimum atomic E-state index is -3.52. The second-order valence-electron chi connectivity index (χ2n) is 5.22. The molecule has 0 N–H and O–H groups in total. The molecule has 0 saturated carbocycles. The van der Waals surface area contributed by atoms with Gasteiger partial charge in [-0.2, -0.15) is 12.7 Å². The molecule has 1 heterocycles. The Morgan fingerprint density at radius 2 is 1.57 bits per heavy atom. The first-order valence-electron chi connectivity index (χ1n) is 6.63. The van der Waals surface area contributed by atoms with E-state index >= 15 is 0 Å². The highest BCUT2D eigenvalue weighted by Gasteiger charge is 2.30. The maximum Gasteiger partial charge on any atom is 0.264 e. The van der Waals surface area contributed by atoms with Crippen LogP contribution >= 0.6 is 0 Å². The van der Waals surface area contributed by atoms with Crippen LogP contribution in [0.15, 0.2) is 29.2 Å². The summed E-state index contributed by atoms with van der Waals surface area (Å²) < 4.78 is 53.4. The monoisotopic (exact) mass is 333 g/mol. The number of benzene rings is 1. The Balaban J connectivity index is 2.06. The first-order valence-corrected chi connectivity index (χ1v) is 9.89. The zero-order chi connectivity index (χ0) is 15.7. The summed E-state index contributed by atoms with van der Waals surface area (Å²) in [6.07, 6.45) is 1.31. The highest BCUT2D eigenvalue weighted by Crippen LogP contribution is 2.23. The van der Waals surface area contributed by atoms with Crippen LogP contribution in [-0.4, -0.2) is 46.6 Å². The van der Waals surface area contributed by atoms with Crippen molar-refractivity contribution in [2.45, 2.75) is 30.8 Å². The van der Waals surface area contributed by atoms with Crippen molar-refractivity contribution in [1.29, 1.82) is 0 Å². The molecule has 0 aliphatic carbocycles. The number of rotatable bonds is 4. The minimum Gasteiger partial charge on any atom is -0.267 e. The van der Waals surface area contributed by atoms with Crippen molar-refractivity contribution in [3.63, 3.8) is 0 Å². The summed E-state index contributed by atoms with van der Waals surface area (Å²) in [5, 5.41) is 0. The molecule has 1 aromatic rings. The van der Waals surface area contributed by atoms with Gasteiger partial charge in [-0.1, -0.05) is 17.7 Å². The maximum absolute atomic E-state index is 12.5. The van der Waals surface area contributed by atoms with E-state index in [9.17, 15) is 16.8 Å². The van der Waals surface area contributed by atoms with E-state index in [4.69, 9.17) is 4.18 Å². The highest BCUT2D eigenvalue weighted by atomic mass is 32.2. The Morgan fingerprint density at radius 1 is 1.05 bits per heavy atom. The van der Waals surface area contributed by atoms with Gasteiger partial charge < -0.3 is 0 Å². The number of aryl methyl sites for hydroxylation is 1. The predicted octanol–water partition coefficient (Wildman–Crippen LogP) is 1.12. The van der Waals surface area contributed by atoms with Crippen molar-refractivity contribution in [2.24, 2.45) is 0 Å². The zero-order valence-corrected chi connectivity index (χ0v) is 13.7. The van der Waals surface area contributed by atoms with E-state index in [1.807, 2.05) is 6.92 Å². The molecule has 8 heteroatoms. The van der Waals surface area contributed by atoms with E-state index in [2.05, 4.69) is 0 Å². The van der Waals surface area contributed by atoms with E-state index in [1.165, 1.54) is 4.31 Å². The molecule has 0 spiro atoms. The number of hydrogen-bond acceptors (Lipinski definition) is 5. The number of hydrogen-bond donors (Lipinski definition) is 0. The molecular formula is C13H19NO5S2. The van der Waals surface area contributed by atoms with Crippen LogP contribution in [0.25, 0.3) is 0 Å². The predicted molar refractivity (Wildman–Crippen MR) is 78.9 cm³/mol. The van der Waals surface area contributed by atoms with Gasteiger partial charge in [0, 0.05) is 13.1 Å². The van der Waals surface area contributed by atoms with Crippen molar-refractivity contribution in [3.8, 4) is 0 Å². The van der Waals surface area contributed by atoms with Crippen LogP contribution in [0, 0.1) is 6.92 Å². The third kappa shape index (κ3) is 4.26. The highest BCUT2D eigenvalue weighted by molar-refractivity contribution is 7.89. The Morgan fingerprint density at radius 3 is 2.05 bits per heavy atom. The third-order valence-electron chi connectivity index (χ3n) is 3.37.